The molecule has 0 bridgehead atoms. The van der Waals surface area contributed by atoms with Crippen LogP contribution in [-0.2, 0) is 0 Å². The third-order valence-corrected chi connectivity index (χ3v) is 4.65. The van der Waals surface area contributed by atoms with Gasteiger partial charge in [-0.25, -0.2) is 0 Å². The lowest BCUT2D eigenvalue weighted by Crippen LogP contribution is -2.25. The van der Waals surface area contributed by atoms with Gasteiger partial charge < -0.3 is 16.0 Å². The molecule has 3 N–H and O–H groups in total. The molecule has 0 radical (unpaired) electrons. The van der Waals surface area contributed by atoms with Crippen LogP contribution in [0.15, 0.2) is 83.0 Å². The van der Waals surface area contributed by atoms with Gasteiger partial charge in [-0.1, -0.05) is 12.1 Å². The van der Waals surface area contributed by atoms with Crippen molar-refractivity contribution in [3.05, 3.63) is 78.4 Å². The molecule has 3 rings (SSSR count). The minimum Gasteiger partial charge on any atom is -0.397 e. The largest absolute Gasteiger partial charge is 0.397 e. The Morgan fingerprint density at radius 3 is 2.00 bits per heavy atom. The van der Waals surface area contributed by atoms with Crippen LogP contribution in [0.2, 0.25) is 0 Å². The van der Waals surface area contributed by atoms with Crippen LogP contribution in [-0.4, -0.2) is 19.0 Å². The van der Waals surface area contributed by atoms with Crippen LogP contribution >= 0.6 is 0 Å². The number of nitrogens with one attached hydrogen (secondary N) is 1. The number of benzene rings is 3. The Morgan fingerprint density at radius 1 is 0.897 bits per heavy atom. The molecule has 0 aliphatic heterocycles. The Bertz CT molecular complexity index is 995. The zero-order chi connectivity index (χ0) is 20.8. The quantitative estimate of drug-likeness (QED) is 0.415. The number of para-hydroxylation sites is 2. The molecule has 0 aliphatic carbocycles. The van der Waals surface area contributed by atoms with E-state index in [2.05, 4.69) is 41.3 Å². The first-order chi connectivity index (χ1) is 13.9. The highest BCUT2D eigenvalue weighted by molar-refractivity contribution is 6.05. The maximum Gasteiger partial charge on any atom is 0.255 e. The van der Waals surface area contributed by atoms with E-state index in [0.29, 0.717) is 28.7 Å². The zero-order valence-corrected chi connectivity index (χ0v) is 16.8. The Hall–Kier alpha value is -3.67. The Kier molecular flexibility index (Phi) is 6.24. The molecule has 29 heavy (non-hydrogen) atoms. The van der Waals surface area contributed by atoms with Crippen LogP contribution in [0, 0.1) is 0 Å². The number of hydrogen-bond donors (Lipinski definition) is 2. The molecule has 148 valence electrons. The lowest BCUT2D eigenvalue weighted by atomic mass is 10.2. The van der Waals surface area contributed by atoms with Crippen molar-refractivity contribution in [3.63, 3.8) is 0 Å². The molecule has 0 heterocycles. The van der Waals surface area contributed by atoms with Gasteiger partial charge in [-0.05, 0) is 74.5 Å². The number of rotatable bonds is 6. The zero-order valence-electron chi connectivity index (χ0n) is 16.8. The third-order valence-electron chi connectivity index (χ3n) is 4.65. The Balaban J connectivity index is 1.64. The van der Waals surface area contributed by atoms with Gasteiger partial charge in [0.2, 0.25) is 0 Å². The van der Waals surface area contributed by atoms with Crippen LogP contribution in [0.1, 0.15) is 24.2 Å². The fourth-order valence-corrected chi connectivity index (χ4v) is 2.65. The van der Waals surface area contributed by atoms with E-state index in [4.69, 9.17) is 5.73 Å². The molecule has 1 amide bonds. The van der Waals surface area contributed by atoms with Gasteiger partial charge in [-0.2, -0.15) is 10.2 Å². The molecule has 6 heteroatoms. The van der Waals surface area contributed by atoms with Crippen molar-refractivity contribution in [2.75, 3.05) is 23.0 Å². The first-order valence-electron chi connectivity index (χ1n) is 9.44. The maximum atomic E-state index is 12.4. The van der Waals surface area contributed by atoms with Crippen LogP contribution < -0.4 is 16.0 Å². The average molecular weight is 387 g/mol. The second kappa shape index (κ2) is 9.01. The van der Waals surface area contributed by atoms with E-state index in [9.17, 15) is 4.79 Å². The summed E-state index contributed by atoms with van der Waals surface area (Å²) >= 11 is 0. The molecule has 3 aromatic rings. The first-order valence-corrected chi connectivity index (χ1v) is 9.44. The highest BCUT2D eigenvalue weighted by atomic mass is 16.1. The highest BCUT2D eigenvalue weighted by Gasteiger charge is 2.08. The van der Waals surface area contributed by atoms with Gasteiger partial charge in [-0.15, -0.1) is 0 Å². The van der Waals surface area contributed by atoms with E-state index < -0.39 is 0 Å². The summed E-state index contributed by atoms with van der Waals surface area (Å²) in [6, 6.07) is 22.4. The summed E-state index contributed by atoms with van der Waals surface area (Å²) < 4.78 is 0. The minimum absolute atomic E-state index is 0.226. The number of azo groups is 1. The monoisotopic (exact) mass is 387 g/mol. The molecule has 3 aromatic carbocycles. The van der Waals surface area contributed by atoms with Gasteiger partial charge in [0.1, 0.15) is 0 Å². The van der Waals surface area contributed by atoms with Crippen molar-refractivity contribution < 1.29 is 4.79 Å². The number of carbonyl (C=O) groups excluding carboxylic acids is 1. The van der Waals surface area contributed by atoms with Crippen molar-refractivity contribution in [1.82, 2.24) is 0 Å². The fraction of sp³-hybridized carbons (Fsp3) is 0.174. The van der Waals surface area contributed by atoms with Crippen molar-refractivity contribution in [2.45, 2.75) is 19.9 Å². The lowest BCUT2D eigenvalue weighted by molar-refractivity contribution is 0.102. The van der Waals surface area contributed by atoms with Crippen molar-refractivity contribution in [3.8, 4) is 0 Å². The summed E-state index contributed by atoms with van der Waals surface area (Å²) in [5, 5.41) is 11.3. The fourth-order valence-electron chi connectivity index (χ4n) is 2.65. The summed E-state index contributed by atoms with van der Waals surface area (Å²) in [5.41, 5.74) is 10.1. The summed E-state index contributed by atoms with van der Waals surface area (Å²) in [6.45, 7) is 4.29. The number of hydrogen-bond acceptors (Lipinski definition) is 5. The third kappa shape index (κ3) is 5.19. The molecule has 0 saturated carbocycles. The van der Waals surface area contributed by atoms with Gasteiger partial charge in [0.15, 0.2) is 0 Å². The van der Waals surface area contributed by atoms with E-state index in [1.807, 2.05) is 36.4 Å². The average Bonchev–Trinajstić information content (AvgIpc) is 2.74. The predicted molar refractivity (Wildman–Crippen MR) is 119 cm³/mol. The van der Waals surface area contributed by atoms with E-state index in [1.54, 1.807) is 36.4 Å². The van der Waals surface area contributed by atoms with Crippen LogP contribution in [0.25, 0.3) is 0 Å². The summed E-state index contributed by atoms with van der Waals surface area (Å²) in [5.74, 6) is -0.226. The maximum absolute atomic E-state index is 12.4. The van der Waals surface area contributed by atoms with E-state index in [0.717, 1.165) is 11.4 Å². The molecule has 0 aliphatic rings. The number of nitrogens with two attached hydrogens (primary N) is 1. The number of nitrogens with zero attached hydrogens (tertiary/aromatic N) is 3. The molecule has 0 saturated heterocycles. The van der Waals surface area contributed by atoms with Gasteiger partial charge in [0.05, 0.1) is 22.7 Å². The van der Waals surface area contributed by atoms with E-state index >= 15 is 0 Å². The number of anilines is 3. The number of nitrogen functional groups attached to an aromatic ring is 1. The number of amides is 1. The van der Waals surface area contributed by atoms with Crippen LogP contribution in [0.3, 0.4) is 0 Å². The van der Waals surface area contributed by atoms with Gasteiger partial charge in [0.25, 0.3) is 5.91 Å². The lowest BCUT2D eigenvalue weighted by Gasteiger charge is -2.23. The van der Waals surface area contributed by atoms with Gasteiger partial charge in [-0.3, -0.25) is 4.79 Å². The van der Waals surface area contributed by atoms with Crippen molar-refractivity contribution in [2.24, 2.45) is 10.2 Å². The normalized spacial score (nSPS) is 11.0. The molecule has 6 nitrogen and oxygen atoms in total. The standard InChI is InChI=1S/C23H25N5O/c1-16(2)28(3)20-14-12-19(13-15-20)27-26-18-10-8-17(9-11-18)23(29)25-22-7-5-4-6-21(22)24/h4-16H,24H2,1-3H3,(H,25,29)/b27-26+. The smallest absolute Gasteiger partial charge is 0.255 e. The molecular weight excluding hydrogens is 362 g/mol. The molecule has 0 fully saturated rings. The first kappa shape index (κ1) is 20.1. The predicted octanol–water partition coefficient (Wildman–Crippen LogP) is 5.78. The molecule has 0 aromatic heterocycles. The van der Waals surface area contributed by atoms with Gasteiger partial charge in [0, 0.05) is 24.3 Å². The topological polar surface area (TPSA) is 83.1 Å². The Labute approximate surface area is 171 Å². The van der Waals surface area contributed by atoms with Crippen molar-refractivity contribution in [1.29, 1.82) is 0 Å². The second-order valence-corrected chi connectivity index (χ2v) is 7.01. The number of carbonyl (C=O) groups is 1. The SMILES string of the molecule is CC(C)N(C)c1ccc(/N=N/c2ccc(C(=O)Nc3ccccc3N)cc2)cc1. The van der Waals surface area contributed by atoms with Crippen LogP contribution in [0.5, 0.6) is 0 Å². The molecule has 0 atom stereocenters. The minimum atomic E-state index is -0.226. The molecule has 0 unspecified atom stereocenters. The summed E-state index contributed by atoms with van der Waals surface area (Å²) in [4.78, 5) is 14.6. The molecular formula is C23H25N5O. The highest BCUT2D eigenvalue weighted by Crippen LogP contribution is 2.23. The Morgan fingerprint density at radius 2 is 1.45 bits per heavy atom. The van der Waals surface area contributed by atoms with E-state index in [1.165, 1.54) is 0 Å². The van der Waals surface area contributed by atoms with Gasteiger partial charge >= 0.3 is 0 Å². The second-order valence-electron chi connectivity index (χ2n) is 7.01. The van der Waals surface area contributed by atoms with Crippen LogP contribution in [0.4, 0.5) is 28.4 Å². The van der Waals surface area contributed by atoms with Crippen molar-refractivity contribution >= 4 is 34.3 Å². The summed E-state index contributed by atoms with van der Waals surface area (Å²) in [6.07, 6.45) is 0. The molecule has 0 spiro atoms. The summed E-state index contributed by atoms with van der Waals surface area (Å²) in [7, 11) is 2.06. The van der Waals surface area contributed by atoms with E-state index in [-0.39, 0.29) is 5.91 Å².